The maximum atomic E-state index is 13.1. The second-order valence-electron chi connectivity index (χ2n) is 7.44. The summed E-state index contributed by atoms with van der Waals surface area (Å²) in [5.74, 6) is 0.177. The Labute approximate surface area is 173 Å². The van der Waals surface area contributed by atoms with E-state index in [0.717, 1.165) is 12.0 Å². The van der Waals surface area contributed by atoms with Crippen molar-refractivity contribution in [1.82, 2.24) is 9.97 Å². The van der Waals surface area contributed by atoms with E-state index in [0.29, 0.717) is 47.0 Å². The number of aromatic nitrogens is 2. The molecule has 1 aromatic heterocycles. The number of amides is 2. The molecule has 1 saturated heterocycles. The summed E-state index contributed by atoms with van der Waals surface area (Å²) in [5, 5.41) is 2.91. The van der Waals surface area contributed by atoms with Gasteiger partial charge in [-0.25, -0.2) is 4.98 Å². The van der Waals surface area contributed by atoms with Crippen LogP contribution in [-0.2, 0) is 4.79 Å². The molecule has 2 heterocycles. The average Bonchev–Trinajstić information content (AvgIpc) is 3.13. The van der Waals surface area contributed by atoms with E-state index < -0.39 is 0 Å². The van der Waals surface area contributed by atoms with Crippen molar-refractivity contribution in [2.24, 2.45) is 0 Å². The van der Waals surface area contributed by atoms with Gasteiger partial charge in [-0.1, -0.05) is 23.8 Å². The third-order valence-electron chi connectivity index (χ3n) is 5.02. The van der Waals surface area contributed by atoms with Crippen LogP contribution >= 0.6 is 0 Å². The molecule has 7 heteroatoms. The highest BCUT2D eigenvalue weighted by molar-refractivity contribution is 6.11. The Bertz CT molecular complexity index is 1200. The lowest BCUT2D eigenvalue weighted by molar-refractivity contribution is -0.117. The molecule has 1 aliphatic rings. The van der Waals surface area contributed by atoms with Crippen molar-refractivity contribution < 1.29 is 9.59 Å². The van der Waals surface area contributed by atoms with Gasteiger partial charge < -0.3 is 15.2 Å². The van der Waals surface area contributed by atoms with Crippen molar-refractivity contribution in [2.45, 2.75) is 26.7 Å². The number of H-pyrrole nitrogens is 1. The highest BCUT2D eigenvalue weighted by atomic mass is 16.2. The molecule has 1 fully saturated rings. The maximum absolute atomic E-state index is 13.1. The number of carbonyl (C=O) groups is 2. The summed E-state index contributed by atoms with van der Waals surface area (Å²) in [6.45, 7) is 4.28. The van der Waals surface area contributed by atoms with E-state index in [-0.39, 0.29) is 17.4 Å². The highest BCUT2D eigenvalue weighted by Gasteiger charge is 2.26. The van der Waals surface area contributed by atoms with Crippen molar-refractivity contribution >= 4 is 23.2 Å². The third kappa shape index (κ3) is 4.00. The van der Waals surface area contributed by atoms with E-state index in [1.54, 1.807) is 36.1 Å². The number of hydrogen-bond donors (Lipinski definition) is 2. The molecule has 0 radical (unpaired) electrons. The van der Waals surface area contributed by atoms with E-state index in [2.05, 4.69) is 15.3 Å². The number of nitrogens with one attached hydrogen (secondary N) is 2. The van der Waals surface area contributed by atoms with Crippen LogP contribution in [0.3, 0.4) is 0 Å². The van der Waals surface area contributed by atoms with Gasteiger partial charge in [-0.2, -0.15) is 0 Å². The predicted octanol–water partition coefficient (Wildman–Crippen LogP) is 3.43. The zero-order chi connectivity index (χ0) is 21.3. The van der Waals surface area contributed by atoms with Gasteiger partial charge in [0.05, 0.1) is 11.3 Å². The molecule has 152 valence electrons. The van der Waals surface area contributed by atoms with Crippen LogP contribution in [0.4, 0.5) is 11.4 Å². The fourth-order valence-electron chi connectivity index (χ4n) is 3.63. The Kier molecular flexibility index (Phi) is 5.18. The van der Waals surface area contributed by atoms with Crippen LogP contribution in [0.5, 0.6) is 0 Å². The lowest BCUT2D eigenvalue weighted by atomic mass is 10.1. The first kappa shape index (κ1) is 19.6. The van der Waals surface area contributed by atoms with Gasteiger partial charge in [-0.05, 0) is 44.5 Å². The molecule has 0 bridgehead atoms. The van der Waals surface area contributed by atoms with Gasteiger partial charge in [-0.3, -0.25) is 14.4 Å². The van der Waals surface area contributed by atoms with Crippen LogP contribution in [0.15, 0.2) is 53.3 Å². The Morgan fingerprint density at radius 3 is 2.67 bits per heavy atom. The molecule has 2 aromatic carbocycles. The maximum Gasteiger partial charge on any atom is 0.257 e. The number of rotatable bonds is 4. The van der Waals surface area contributed by atoms with Gasteiger partial charge in [0.1, 0.15) is 5.82 Å². The number of benzene rings is 2. The minimum Gasteiger partial charge on any atom is -0.322 e. The van der Waals surface area contributed by atoms with Crippen molar-refractivity contribution in [2.75, 3.05) is 16.8 Å². The van der Waals surface area contributed by atoms with Crippen LogP contribution < -0.4 is 15.8 Å². The van der Waals surface area contributed by atoms with Crippen molar-refractivity contribution in [3.8, 4) is 11.4 Å². The molecule has 0 spiro atoms. The zero-order valence-corrected chi connectivity index (χ0v) is 16.9. The Morgan fingerprint density at radius 2 is 1.93 bits per heavy atom. The van der Waals surface area contributed by atoms with Gasteiger partial charge in [0.25, 0.3) is 11.5 Å². The highest BCUT2D eigenvalue weighted by Crippen LogP contribution is 2.28. The molecule has 0 saturated carbocycles. The second kappa shape index (κ2) is 7.94. The third-order valence-corrected chi connectivity index (χ3v) is 5.02. The SMILES string of the molecule is Cc1ccc(N2CCCC2=O)c(C(=O)Nc2cccc(-c3nc(C)cc(=O)[nH]3)c2)c1. The predicted molar refractivity (Wildman–Crippen MR) is 116 cm³/mol. The minimum atomic E-state index is -0.295. The monoisotopic (exact) mass is 402 g/mol. The summed E-state index contributed by atoms with van der Waals surface area (Å²) in [4.78, 5) is 45.8. The van der Waals surface area contributed by atoms with Gasteiger partial charge in [0.15, 0.2) is 0 Å². The fraction of sp³-hybridized carbons (Fsp3) is 0.217. The lowest BCUT2D eigenvalue weighted by Crippen LogP contribution is -2.27. The quantitative estimate of drug-likeness (QED) is 0.699. The summed E-state index contributed by atoms with van der Waals surface area (Å²) in [6, 6.07) is 14.1. The first-order valence-electron chi connectivity index (χ1n) is 9.81. The number of hydrogen-bond acceptors (Lipinski definition) is 4. The second-order valence-corrected chi connectivity index (χ2v) is 7.44. The molecule has 0 unspecified atom stereocenters. The molecule has 4 rings (SSSR count). The molecular weight excluding hydrogens is 380 g/mol. The fourth-order valence-corrected chi connectivity index (χ4v) is 3.63. The summed E-state index contributed by atoms with van der Waals surface area (Å²) in [5.41, 5.74) is 3.66. The number of anilines is 2. The summed E-state index contributed by atoms with van der Waals surface area (Å²) >= 11 is 0. The zero-order valence-electron chi connectivity index (χ0n) is 16.9. The Hall–Kier alpha value is -3.74. The largest absolute Gasteiger partial charge is 0.322 e. The molecule has 2 amide bonds. The minimum absolute atomic E-state index is 0.0318. The number of aromatic amines is 1. The first-order chi connectivity index (χ1) is 14.4. The van der Waals surface area contributed by atoms with Gasteiger partial charge in [-0.15, -0.1) is 0 Å². The normalized spacial score (nSPS) is 13.5. The van der Waals surface area contributed by atoms with Crippen LogP contribution in [0.2, 0.25) is 0 Å². The summed E-state index contributed by atoms with van der Waals surface area (Å²) < 4.78 is 0. The molecule has 0 atom stereocenters. The molecule has 3 aromatic rings. The van der Waals surface area contributed by atoms with Crippen LogP contribution in [0, 0.1) is 13.8 Å². The standard InChI is InChI=1S/C23H22N4O3/c1-14-8-9-19(27-10-4-7-21(27)29)18(11-14)23(30)25-17-6-3-5-16(13-17)22-24-15(2)12-20(28)26-22/h3,5-6,8-9,11-13H,4,7,10H2,1-2H3,(H,25,30)(H,24,26,28). The van der Waals surface area contributed by atoms with E-state index in [4.69, 9.17) is 0 Å². The van der Waals surface area contributed by atoms with E-state index >= 15 is 0 Å². The van der Waals surface area contributed by atoms with Crippen LogP contribution in [0.25, 0.3) is 11.4 Å². The summed E-state index contributed by atoms with van der Waals surface area (Å²) in [6.07, 6.45) is 1.29. The average molecular weight is 402 g/mol. The van der Waals surface area contributed by atoms with Gasteiger partial charge in [0.2, 0.25) is 5.91 Å². The van der Waals surface area contributed by atoms with Crippen molar-refractivity contribution in [3.05, 3.63) is 75.7 Å². The molecular formula is C23H22N4O3. The molecule has 0 aliphatic carbocycles. The van der Waals surface area contributed by atoms with Crippen LogP contribution in [0.1, 0.15) is 34.5 Å². The molecule has 2 N–H and O–H groups in total. The Balaban J connectivity index is 1.64. The van der Waals surface area contributed by atoms with Crippen LogP contribution in [-0.4, -0.2) is 28.3 Å². The number of aryl methyl sites for hydroxylation is 2. The number of carbonyl (C=O) groups excluding carboxylic acids is 2. The van der Waals surface area contributed by atoms with Gasteiger partial charge >= 0.3 is 0 Å². The number of nitrogens with zero attached hydrogens (tertiary/aromatic N) is 2. The van der Waals surface area contributed by atoms with Crippen molar-refractivity contribution in [1.29, 1.82) is 0 Å². The summed E-state index contributed by atoms with van der Waals surface area (Å²) in [7, 11) is 0. The molecule has 1 aliphatic heterocycles. The topological polar surface area (TPSA) is 95.2 Å². The molecule has 30 heavy (non-hydrogen) atoms. The Morgan fingerprint density at radius 1 is 1.10 bits per heavy atom. The van der Waals surface area contributed by atoms with Gasteiger partial charge in [0, 0.05) is 36.0 Å². The van der Waals surface area contributed by atoms with E-state index in [9.17, 15) is 14.4 Å². The van der Waals surface area contributed by atoms with Crippen molar-refractivity contribution in [3.63, 3.8) is 0 Å². The lowest BCUT2D eigenvalue weighted by Gasteiger charge is -2.20. The smallest absolute Gasteiger partial charge is 0.257 e. The van der Waals surface area contributed by atoms with E-state index in [1.165, 1.54) is 6.07 Å². The molecule has 7 nitrogen and oxygen atoms in total. The van der Waals surface area contributed by atoms with E-state index in [1.807, 2.05) is 25.1 Å². The first-order valence-corrected chi connectivity index (χ1v) is 9.81.